The van der Waals surface area contributed by atoms with Crippen LogP contribution in [0.25, 0.3) is 0 Å². The summed E-state index contributed by atoms with van der Waals surface area (Å²) in [6.07, 6.45) is 0.695. The summed E-state index contributed by atoms with van der Waals surface area (Å²) in [7, 11) is 0. The van der Waals surface area contributed by atoms with Crippen LogP contribution in [0.1, 0.15) is 43.3 Å². The summed E-state index contributed by atoms with van der Waals surface area (Å²) in [4.78, 5) is 11.8. The molecule has 0 aromatic carbocycles. The second-order valence-corrected chi connectivity index (χ2v) is 4.45. The van der Waals surface area contributed by atoms with E-state index in [1.165, 1.54) is 0 Å². The molecule has 5 nitrogen and oxygen atoms in total. The van der Waals surface area contributed by atoms with Gasteiger partial charge in [0.2, 0.25) is 5.91 Å². The zero-order chi connectivity index (χ0) is 13.0. The molecule has 0 fully saturated rings. The number of rotatable bonds is 5. The van der Waals surface area contributed by atoms with Gasteiger partial charge in [-0.05, 0) is 33.7 Å². The summed E-state index contributed by atoms with van der Waals surface area (Å²) in [5.74, 6) is 0.702. The van der Waals surface area contributed by atoms with Crippen molar-refractivity contribution in [2.24, 2.45) is 11.7 Å². The summed E-state index contributed by atoms with van der Waals surface area (Å²) >= 11 is 0. The Kier molecular flexibility index (Phi) is 4.69. The number of aryl methyl sites for hydroxylation is 2. The standard InChI is InChI=1S/C12H21N3O2/c1-7(5-6-13)12(16)14-8(2)11-9(3)15-17-10(11)4/h7-8H,5-6,13H2,1-4H3,(H,14,16). The van der Waals surface area contributed by atoms with Gasteiger partial charge in [0.1, 0.15) is 5.76 Å². The van der Waals surface area contributed by atoms with Gasteiger partial charge in [0.15, 0.2) is 0 Å². The van der Waals surface area contributed by atoms with Crippen molar-refractivity contribution >= 4 is 5.91 Å². The van der Waals surface area contributed by atoms with Gasteiger partial charge in [0.05, 0.1) is 11.7 Å². The average molecular weight is 239 g/mol. The van der Waals surface area contributed by atoms with E-state index in [4.69, 9.17) is 10.3 Å². The maximum atomic E-state index is 11.8. The van der Waals surface area contributed by atoms with Crippen molar-refractivity contribution in [1.29, 1.82) is 0 Å². The molecule has 0 aliphatic heterocycles. The summed E-state index contributed by atoms with van der Waals surface area (Å²) in [5, 5.41) is 6.83. The van der Waals surface area contributed by atoms with Crippen molar-refractivity contribution in [2.45, 2.75) is 40.2 Å². The lowest BCUT2D eigenvalue weighted by atomic mass is 10.0. The molecule has 96 valence electrons. The Morgan fingerprint density at radius 3 is 2.59 bits per heavy atom. The molecule has 0 aliphatic rings. The van der Waals surface area contributed by atoms with Crippen LogP contribution in [0.5, 0.6) is 0 Å². The monoisotopic (exact) mass is 239 g/mol. The minimum atomic E-state index is -0.0889. The van der Waals surface area contributed by atoms with Gasteiger partial charge in [-0.25, -0.2) is 0 Å². The van der Waals surface area contributed by atoms with Crippen molar-refractivity contribution < 1.29 is 9.32 Å². The molecule has 1 aromatic rings. The first-order valence-corrected chi connectivity index (χ1v) is 5.90. The molecule has 0 saturated carbocycles. The SMILES string of the molecule is Cc1noc(C)c1C(C)NC(=O)C(C)CCN. The molecular weight excluding hydrogens is 218 g/mol. The maximum absolute atomic E-state index is 11.8. The number of nitrogens with two attached hydrogens (primary N) is 1. The molecule has 17 heavy (non-hydrogen) atoms. The molecule has 0 bridgehead atoms. The van der Waals surface area contributed by atoms with Crippen molar-refractivity contribution in [2.75, 3.05) is 6.54 Å². The molecule has 2 atom stereocenters. The minimum absolute atomic E-state index is 0.0166. The number of aromatic nitrogens is 1. The van der Waals surface area contributed by atoms with Crippen LogP contribution >= 0.6 is 0 Å². The molecule has 1 heterocycles. The van der Waals surface area contributed by atoms with Crippen LogP contribution in [-0.4, -0.2) is 17.6 Å². The maximum Gasteiger partial charge on any atom is 0.223 e. The van der Waals surface area contributed by atoms with Crippen LogP contribution in [0.2, 0.25) is 0 Å². The molecular formula is C12H21N3O2. The molecule has 5 heteroatoms. The van der Waals surface area contributed by atoms with Crippen molar-refractivity contribution in [3.8, 4) is 0 Å². The quantitative estimate of drug-likeness (QED) is 0.815. The summed E-state index contributed by atoms with van der Waals surface area (Å²) in [6, 6.07) is -0.0889. The summed E-state index contributed by atoms with van der Waals surface area (Å²) in [5.41, 5.74) is 7.21. The predicted octanol–water partition coefficient (Wildman–Crippen LogP) is 1.45. The second kappa shape index (κ2) is 5.82. The topological polar surface area (TPSA) is 81.2 Å². The van der Waals surface area contributed by atoms with E-state index in [2.05, 4.69) is 10.5 Å². The van der Waals surface area contributed by atoms with Crippen LogP contribution in [-0.2, 0) is 4.79 Å². The van der Waals surface area contributed by atoms with E-state index in [-0.39, 0.29) is 17.9 Å². The number of carbonyl (C=O) groups excluding carboxylic acids is 1. The van der Waals surface area contributed by atoms with Crippen molar-refractivity contribution in [1.82, 2.24) is 10.5 Å². The Hall–Kier alpha value is -1.36. The fourth-order valence-electron chi connectivity index (χ4n) is 1.92. The third kappa shape index (κ3) is 3.30. The fraction of sp³-hybridized carbons (Fsp3) is 0.667. The first-order chi connectivity index (χ1) is 7.97. The number of hydrogen-bond acceptors (Lipinski definition) is 4. The zero-order valence-electron chi connectivity index (χ0n) is 10.9. The van der Waals surface area contributed by atoms with E-state index in [0.29, 0.717) is 13.0 Å². The molecule has 1 rings (SSSR count). The lowest BCUT2D eigenvalue weighted by molar-refractivity contribution is -0.125. The first kappa shape index (κ1) is 13.7. The highest BCUT2D eigenvalue weighted by molar-refractivity contribution is 5.78. The van der Waals surface area contributed by atoms with Crippen molar-refractivity contribution in [3.05, 3.63) is 17.0 Å². The molecule has 0 spiro atoms. The number of carbonyl (C=O) groups is 1. The molecule has 2 unspecified atom stereocenters. The number of amides is 1. The van der Waals surface area contributed by atoms with Crippen LogP contribution in [0.3, 0.4) is 0 Å². The van der Waals surface area contributed by atoms with Crippen LogP contribution in [0, 0.1) is 19.8 Å². The Labute approximate surface area is 102 Å². The zero-order valence-corrected chi connectivity index (χ0v) is 10.9. The smallest absolute Gasteiger partial charge is 0.223 e. The minimum Gasteiger partial charge on any atom is -0.361 e. The summed E-state index contributed by atoms with van der Waals surface area (Å²) in [6.45, 7) is 8.05. The molecule has 3 N–H and O–H groups in total. The fourth-order valence-corrected chi connectivity index (χ4v) is 1.92. The van der Waals surface area contributed by atoms with Gasteiger partial charge in [-0.15, -0.1) is 0 Å². The van der Waals surface area contributed by atoms with Gasteiger partial charge in [0, 0.05) is 11.5 Å². The summed E-state index contributed by atoms with van der Waals surface area (Å²) < 4.78 is 5.08. The third-order valence-electron chi connectivity index (χ3n) is 2.93. The predicted molar refractivity (Wildman–Crippen MR) is 65.4 cm³/mol. The van der Waals surface area contributed by atoms with Crippen LogP contribution < -0.4 is 11.1 Å². The largest absolute Gasteiger partial charge is 0.361 e. The normalized spacial score (nSPS) is 14.4. The van der Waals surface area contributed by atoms with Crippen LogP contribution in [0.15, 0.2) is 4.52 Å². The van der Waals surface area contributed by atoms with Gasteiger partial charge in [0.25, 0.3) is 0 Å². The lowest BCUT2D eigenvalue weighted by Crippen LogP contribution is -2.32. The highest BCUT2D eigenvalue weighted by atomic mass is 16.5. The number of nitrogens with one attached hydrogen (secondary N) is 1. The molecule has 0 aliphatic carbocycles. The highest BCUT2D eigenvalue weighted by Crippen LogP contribution is 2.21. The highest BCUT2D eigenvalue weighted by Gasteiger charge is 2.20. The molecule has 1 amide bonds. The van der Waals surface area contributed by atoms with Crippen LogP contribution in [0.4, 0.5) is 0 Å². The average Bonchev–Trinajstić information content (AvgIpc) is 2.58. The van der Waals surface area contributed by atoms with E-state index in [0.717, 1.165) is 17.0 Å². The molecule has 1 aromatic heterocycles. The van der Waals surface area contributed by atoms with E-state index in [1.54, 1.807) is 0 Å². The first-order valence-electron chi connectivity index (χ1n) is 5.90. The Bertz CT molecular complexity index is 368. The van der Waals surface area contributed by atoms with E-state index in [9.17, 15) is 4.79 Å². The Balaban J connectivity index is 2.66. The third-order valence-corrected chi connectivity index (χ3v) is 2.93. The number of hydrogen-bond donors (Lipinski definition) is 2. The van der Waals surface area contributed by atoms with Gasteiger partial charge in [-0.1, -0.05) is 12.1 Å². The Morgan fingerprint density at radius 1 is 1.47 bits per heavy atom. The van der Waals surface area contributed by atoms with Gasteiger partial charge in [-0.2, -0.15) is 0 Å². The number of nitrogens with zero attached hydrogens (tertiary/aromatic N) is 1. The van der Waals surface area contributed by atoms with Crippen molar-refractivity contribution in [3.63, 3.8) is 0 Å². The van der Waals surface area contributed by atoms with Gasteiger partial charge < -0.3 is 15.6 Å². The second-order valence-electron chi connectivity index (χ2n) is 4.45. The van der Waals surface area contributed by atoms with E-state index in [1.807, 2.05) is 27.7 Å². The van der Waals surface area contributed by atoms with Gasteiger partial charge in [-0.3, -0.25) is 4.79 Å². The molecule has 0 saturated heterocycles. The Morgan fingerprint density at radius 2 is 2.12 bits per heavy atom. The van der Waals surface area contributed by atoms with Gasteiger partial charge >= 0.3 is 0 Å². The van der Waals surface area contributed by atoms with E-state index < -0.39 is 0 Å². The lowest BCUT2D eigenvalue weighted by Gasteiger charge is -2.17. The molecule has 0 radical (unpaired) electrons. The van der Waals surface area contributed by atoms with E-state index >= 15 is 0 Å².